The highest BCUT2D eigenvalue weighted by Gasteiger charge is 2.23. The van der Waals surface area contributed by atoms with Crippen molar-refractivity contribution < 1.29 is 9.53 Å². The lowest BCUT2D eigenvalue weighted by Crippen LogP contribution is -2.27. The molecule has 2 atom stereocenters. The number of nitrogens with one attached hydrogen (secondary N) is 2. The van der Waals surface area contributed by atoms with Gasteiger partial charge in [-0.1, -0.05) is 6.07 Å². The summed E-state index contributed by atoms with van der Waals surface area (Å²) in [7, 11) is 0. The van der Waals surface area contributed by atoms with Crippen LogP contribution in [0, 0.1) is 0 Å². The Bertz CT molecular complexity index is 507. The summed E-state index contributed by atoms with van der Waals surface area (Å²) in [6.45, 7) is 0.956. The topological polar surface area (TPSA) is 50.4 Å². The lowest BCUT2D eigenvalue weighted by molar-refractivity contribution is -0.118. The molecule has 1 aliphatic carbocycles. The van der Waals surface area contributed by atoms with Gasteiger partial charge >= 0.3 is 0 Å². The number of rotatable bonds is 4. The monoisotopic (exact) mass is 292 g/mol. The quantitative estimate of drug-likeness (QED) is 0.894. The summed E-state index contributed by atoms with van der Waals surface area (Å²) in [6.07, 6.45) is 6.02. The second kappa shape index (κ2) is 6.06. The lowest BCUT2D eigenvalue weighted by atomic mass is 10.1. The van der Waals surface area contributed by atoms with Crippen LogP contribution in [0.25, 0.3) is 0 Å². The third kappa shape index (κ3) is 3.10. The highest BCUT2D eigenvalue weighted by atomic mass is 32.2. The number of ether oxygens (including phenoxy) is 1. The molecule has 0 spiro atoms. The fourth-order valence-electron chi connectivity index (χ4n) is 2.84. The van der Waals surface area contributed by atoms with Crippen LogP contribution in [0.1, 0.15) is 24.8 Å². The molecular weight excluding hydrogens is 272 g/mol. The Balaban J connectivity index is 1.58. The van der Waals surface area contributed by atoms with Crippen LogP contribution >= 0.6 is 11.8 Å². The fraction of sp³-hybridized carbons (Fsp3) is 0.533. The number of fused-ring (bicyclic) bond motifs is 1. The van der Waals surface area contributed by atoms with E-state index in [1.165, 1.54) is 24.8 Å². The molecule has 1 aromatic rings. The Labute approximate surface area is 123 Å². The van der Waals surface area contributed by atoms with Crippen molar-refractivity contribution in [1.82, 2.24) is 5.32 Å². The minimum atomic E-state index is -0.0822. The normalized spacial score (nSPS) is 24.9. The highest BCUT2D eigenvalue weighted by molar-refractivity contribution is 7.99. The van der Waals surface area contributed by atoms with Crippen molar-refractivity contribution in [3.8, 4) is 5.75 Å². The molecule has 1 saturated carbocycles. The van der Waals surface area contributed by atoms with E-state index < -0.39 is 0 Å². The zero-order chi connectivity index (χ0) is 13.9. The van der Waals surface area contributed by atoms with Crippen molar-refractivity contribution in [2.45, 2.75) is 37.1 Å². The smallest absolute Gasteiger partial charge is 0.262 e. The van der Waals surface area contributed by atoms with E-state index in [1.807, 2.05) is 23.9 Å². The molecule has 1 aliphatic heterocycles. The summed E-state index contributed by atoms with van der Waals surface area (Å²) in [5.41, 5.74) is 1.97. The van der Waals surface area contributed by atoms with Crippen LogP contribution < -0.4 is 15.4 Å². The molecule has 2 N–H and O–H groups in total. The van der Waals surface area contributed by atoms with Crippen molar-refractivity contribution >= 4 is 23.4 Å². The molecule has 5 heteroatoms. The van der Waals surface area contributed by atoms with E-state index in [0.29, 0.717) is 6.04 Å². The molecule has 0 aromatic heterocycles. The van der Waals surface area contributed by atoms with Gasteiger partial charge in [0.15, 0.2) is 6.61 Å². The Morgan fingerprint density at radius 3 is 3.15 bits per heavy atom. The van der Waals surface area contributed by atoms with Crippen LogP contribution in [0.15, 0.2) is 18.2 Å². The van der Waals surface area contributed by atoms with Crippen LogP contribution in [-0.4, -0.2) is 30.1 Å². The van der Waals surface area contributed by atoms with E-state index in [0.717, 1.165) is 23.2 Å². The molecule has 1 amide bonds. The maximum Gasteiger partial charge on any atom is 0.262 e. The van der Waals surface area contributed by atoms with Gasteiger partial charge in [0.25, 0.3) is 5.91 Å². The maximum atomic E-state index is 11.3. The molecule has 0 saturated heterocycles. The van der Waals surface area contributed by atoms with Gasteiger partial charge in [0.2, 0.25) is 0 Å². The van der Waals surface area contributed by atoms with Crippen LogP contribution in [0.5, 0.6) is 5.75 Å². The van der Waals surface area contributed by atoms with E-state index in [9.17, 15) is 4.79 Å². The number of benzene rings is 1. The van der Waals surface area contributed by atoms with Crippen molar-refractivity contribution in [3.63, 3.8) is 0 Å². The number of amides is 1. The molecule has 3 rings (SSSR count). The Kier molecular flexibility index (Phi) is 4.17. The summed E-state index contributed by atoms with van der Waals surface area (Å²) in [4.78, 5) is 11.3. The molecular formula is C15H20N2O2S. The summed E-state index contributed by atoms with van der Waals surface area (Å²) < 4.78 is 5.36. The Morgan fingerprint density at radius 2 is 2.35 bits per heavy atom. The van der Waals surface area contributed by atoms with Gasteiger partial charge in [-0.3, -0.25) is 4.79 Å². The number of anilines is 1. The zero-order valence-corrected chi connectivity index (χ0v) is 12.5. The van der Waals surface area contributed by atoms with Gasteiger partial charge in [-0.15, -0.1) is 0 Å². The second-order valence-electron chi connectivity index (χ2n) is 5.42. The molecule has 1 heterocycles. The number of hydrogen-bond donors (Lipinski definition) is 2. The first-order valence-electron chi connectivity index (χ1n) is 7.06. The highest BCUT2D eigenvalue weighted by Crippen LogP contribution is 2.30. The van der Waals surface area contributed by atoms with Gasteiger partial charge in [-0.05, 0) is 43.2 Å². The minimum Gasteiger partial charge on any atom is -0.482 e. The van der Waals surface area contributed by atoms with E-state index in [2.05, 4.69) is 23.0 Å². The summed E-state index contributed by atoms with van der Waals surface area (Å²) >= 11 is 1.97. The molecule has 20 heavy (non-hydrogen) atoms. The molecule has 0 bridgehead atoms. The van der Waals surface area contributed by atoms with Gasteiger partial charge in [0.05, 0.1) is 5.69 Å². The maximum absolute atomic E-state index is 11.3. The number of carbonyl (C=O) groups is 1. The largest absolute Gasteiger partial charge is 0.482 e. The number of thioether (sulfide) groups is 1. The van der Waals surface area contributed by atoms with Gasteiger partial charge in [-0.25, -0.2) is 0 Å². The van der Waals surface area contributed by atoms with Crippen LogP contribution in [0.2, 0.25) is 0 Å². The van der Waals surface area contributed by atoms with E-state index in [1.54, 1.807) is 0 Å². The predicted molar refractivity (Wildman–Crippen MR) is 82.3 cm³/mol. The average Bonchev–Trinajstić information content (AvgIpc) is 2.92. The summed E-state index contributed by atoms with van der Waals surface area (Å²) in [5, 5.41) is 7.27. The first-order valence-corrected chi connectivity index (χ1v) is 8.35. The SMILES string of the molecule is CSC1CCC(NCc2ccc3c(c2)NC(=O)CO3)C1. The summed E-state index contributed by atoms with van der Waals surface area (Å²) in [5.74, 6) is 0.679. The average molecular weight is 292 g/mol. The Hall–Kier alpha value is -1.20. The van der Waals surface area contributed by atoms with Gasteiger partial charge < -0.3 is 15.4 Å². The van der Waals surface area contributed by atoms with Crippen molar-refractivity contribution in [1.29, 1.82) is 0 Å². The molecule has 1 fully saturated rings. The van der Waals surface area contributed by atoms with Crippen LogP contribution in [-0.2, 0) is 11.3 Å². The second-order valence-corrected chi connectivity index (χ2v) is 6.55. The third-order valence-corrected chi connectivity index (χ3v) is 5.08. The van der Waals surface area contributed by atoms with Gasteiger partial charge in [0, 0.05) is 17.8 Å². The van der Waals surface area contributed by atoms with Crippen molar-refractivity contribution in [2.75, 3.05) is 18.2 Å². The molecule has 1 aromatic carbocycles. The molecule has 108 valence electrons. The lowest BCUT2D eigenvalue weighted by Gasteiger charge is -2.19. The number of hydrogen-bond acceptors (Lipinski definition) is 4. The first kappa shape index (κ1) is 13.8. The van der Waals surface area contributed by atoms with Gasteiger partial charge in [-0.2, -0.15) is 11.8 Å². The van der Waals surface area contributed by atoms with Gasteiger partial charge in [0.1, 0.15) is 5.75 Å². The minimum absolute atomic E-state index is 0.0822. The molecule has 4 nitrogen and oxygen atoms in total. The van der Waals surface area contributed by atoms with Crippen molar-refractivity contribution in [3.05, 3.63) is 23.8 Å². The van der Waals surface area contributed by atoms with E-state index in [4.69, 9.17) is 4.74 Å². The molecule has 2 unspecified atom stereocenters. The first-order chi connectivity index (χ1) is 9.74. The van der Waals surface area contributed by atoms with E-state index >= 15 is 0 Å². The van der Waals surface area contributed by atoms with Crippen molar-refractivity contribution in [2.24, 2.45) is 0 Å². The van der Waals surface area contributed by atoms with E-state index in [-0.39, 0.29) is 12.5 Å². The fourth-order valence-corrected chi connectivity index (χ4v) is 3.64. The van der Waals surface area contributed by atoms with Crippen LogP contribution in [0.3, 0.4) is 0 Å². The predicted octanol–water partition coefficient (Wildman–Crippen LogP) is 2.39. The third-order valence-electron chi connectivity index (χ3n) is 3.99. The Morgan fingerprint density at radius 1 is 1.45 bits per heavy atom. The summed E-state index contributed by atoms with van der Waals surface area (Å²) in [6, 6.07) is 6.62. The molecule has 0 radical (unpaired) electrons. The zero-order valence-electron chi connectivity index (χ0n) is 11.6. The van der Waals surface area contributed by atoms with Crippen LogP contribution in [0.4, 0.5) is 5.69 Å². The number of carbonyl (C=O) groups excluding carboxylic acids is 1. The standard InChI is InChI=1S/C15H20N2O2S/c1-20-12-4-3-11(7-12)16-8-10-2-5-14-13(6-10)17-15(18)9-19-14/h2,5-6,11-12,16H,3-4,7-9H2,1H3,(H,17,18). The molecule has 2 aliphatic rings.